The Hall–Kier alpha value is -1.52. The number of piperidine rings is 1. The number of esters is 2. The van der Waals surface area contributed by atoms with Crippen LogP contribution in [0.4, 0.5) is 0 Å². The van der Waals surface area contributed by atoms with Gasteiger partial charge in [0.2, 0.25) is 0 Å². The first-order chi connectivity index (χ1) is 7.69. The monoisotopic (exact) mass is 227 g/mol. The molecular formula is C11H17NO4. The van der Waals surface area contributed by atoms with Gasteiger partial charge in [0.15, 0.2) is 0 Å². The molecule has 0 unspecified atom stereocenters. The van der Waals surface area contributed by atoms with Gasteiger partial charge in [-0.1, -0.05) is 0 Å². The van der Waals surface area contributed by atoms with Crippen LogP contribution in [0.3, 0.4) is 0 Å². The third kappa shape index (κ3) is 3.25. The molecule has 0 spiro atoms. The Bertz CT molecular complexity index is 292. The third-order valence-corrected chi connectivity index (χ3v) is 2.55. The van der Waals surface area contributed by atoms with E-state index in [2.05, 4.69) is 9.47 Å². The van der Waals surface area contributed by atoms with Crippen molar-refractivity contribution in [3.63, 3.8) is 0 Å². The molecule has 5 heteroatoms. The van der Waals surface area contributed by atoms with Crippen molar-refractivity contribution in [3.8, 4) is 0 Å². The van der Waals surface area contributed by atoms with E-state index in [9.17, 15) is 9.59 Å². The van der Waals surface area contributed by atoms with Crippen molar-refractivity contribution in [1.82, 2.24) is 4.90 Å². The molecule has 0 bridgehead atoms. The lowest BCUT2D eigenvalue weighted by Crippen LogP contribution is -2.33. The van der Waals surface area contributed by atoms with Crippen molar-refractivity contribution in [1.29, 1.82) is 0 Å². The number of rotatable bonds is 3. The van der Waals surface area contributed by atoms with Gasteiger partial charge in [-0.05, 0) is 19.3 Å². The lowest BCUT2D eigenvalue weighted by molar-refractivity contribution is -0.140. The second-order valence-corrected chi connectivity index (χ2v) is 3.59. The molecule has 0 radical (unpaired) electrons. The predicted molar refractivity (Wildman–Crippen MR) is 57.5 cm³/mol. The fourth-order valence-electron chi connectivity index (χ4n) is 1.69. The topological polar surface area (TPSA) is 55.8 Å². The Morgan fingerprint density at radius 2 is 1.69 bits per heavy atom. The number of nitrogens with zero attached hydrogens (tertiary/aromatic N) is 1. The van der Waals surface area contributed by atoms with Crippen molar-refractivity contribution >= 4 is 11.9 Å². The molecule has 0 amide bonds. The summed E-state index contributed by atoms with van der Waals surface area (Å²) < 4.78 is 9.17. The Labute approximate surface area is 95.0 Å². The quantitative estimate of drug-likeness (QED) is 0.525. The van der Waals surface area contributed by atoms with Crippen LogP contribution in [-0.2, 0) is 19.1 Å². The van der Waals surface area contributed by atoms with E-state index < -0.39 is 11.9 Å². The highest BCUT2D eigenvalue weighted by molar-refractivity contribution is 5.95. The molecule has 0 aromatic carbocycles. The summed E-state index contributed by atoms with van der Waals surface area (Å²) in [5.41, 5.74) is 0.286. The average molecular weight is 227 g/mol. The number of ether oxygens (including phenoxy) is 2. The standard InChI is InChI=1S/C11H17NO4/c1-15-10(13)8-9(11(14)16-2)12-6-4-3-5-7-12/h8H,3-7H2,1-2H3/b9-8-. The van der Waals surface area contributed by atoms with Crippen LogP contribution in [0.1, 0.15) is 19.3 Å². The Morgan fingerprint density at radius 1 is 1.06 bits per heavy atom. The maximum Gasteiger partial charge on any atom is 0.354 e. The minimum Gasteiger partial charge on any atom is -0.466 e. The molecule has 1 aliphatic heterocycles. The van der Waals surface area contributed by atoms with Gasteiger partial charge in [0.05, 0.1) is 20.3 Å². The normalized spacial score (nSPS) is 16.9. The van der Waals surface area contributed by atoms with E-state index in [1.165, 1.54) is 20.3 Å². The van der Waals surface area contributed by atoms with Crippen LogP contribution in [0.5, 0.6) is 0 Å². The molecule has 1 saturated heterocycles. The lowest BCUT2D eigenvalue weighted by Gasteiger charge is -2.29. The summed E-state index contributed by atoms with van der Waals surface area (Å²) in [5, 5.41) is 0. The van der Waals surface area contributed by atoms with E-state index in [1.54, 1.807) is 0 Å². The Morgan fingerprint density at radius 3 is 2.19 bits per heavy atom. The molecule has 1 fully saturated rings. The maximum absolute atomic E-state index is 11.5. The Balaban J connectivity index is 2.81. The van der Waals surface area contributed by atoms with Gasteiger partial charge in [-0.25, -0.2) is 9.59 Å². The van der Waals surface area contributed by atoms with Gasteiger partial charge in [-0.15, -0.1) is 0 Å². The molecule has 0 aromatic rings. The fraction of sp³-hybridized carbons (Fsp3) is 0.636. The molecule has 1 aliphatic rings. The number of carbonyl (C=O) groups is 2. The van der Waals surface area contributed by atoms with Crippen molar-refractivity contribution in [2.75, 3.05) is 27.3 Å². The van der Waals surface area contributed by atoms with E-state index in [0.717, 1.165) is 32.4 Å². The maximum atomic E-state index is 11.5. The van der Waals surface area contributed by atoms with Crippen LogP contribution >= 0.6 is 0 Å². The molecule has 0 aromatic heterocycles. The third-order valence-electron chi connectivity index (χ3n) is 2.55. The zero-order chi connectivity index (χ0) is 12.0. The summed E-state index contributed by atoms with van der Waals surface area (Å²) >= 11 is 0. The SMILES string of the molecule is COC(=O)/C=C(/C(=O)OC)N1CCCCC1. The van der Waals surface area contributed by atoms with Crippen LogP contribution in [0.15, 0.2) is 11.8 Å². The van der Waals surface area contributed by atoms with E-state index >= 15 is 0 Å². The van der Waals surface area contributed by atoms with Crippen LogP contribution < -0.4 is 0 Å². The molecule has 16 heavy (non-hydrogen) atoms. The van der Waals surface area contributed by atoms with Crippen molar-refractivity contribution in [2.24, 2.45) is 0 Å². The van der Waals surface area contributed by atoms with Crippen LogP contribution in [0.25, 0.3) is 0 Å². The van der Waals surface area contributed by atoms with Gasteiger partial charge in [-0.2, -0.15) is 0 Å². The highest BCUT2D eigenvalue weighted by Crippen LogP contribution is 2.15. The molecule has 0 N–H and O–H groups in total. The van der Waals surface area contributed by atoms with Gasteiger partial charge in [0, 0.05) is 13.1 Å². The van der Waals surface area contributed by atoms with E-state index in [4.69, 9.17) is 0 Å². The van der Waals surface area contributed by atoms with Crippen LogP contribution in [0, 0.1) is 0 Å². The first-order valence-corrected chi connectivity index (χ1v) is 5.32. The summed E-state index contributed by atoms with van der Waals surface area (Å²) in [6, 6.07) is 0. The molecule has 90 valence electrons. The minimum absolute atomic E-state index is 0.286. The van der Waals surface area contributed by atoms with Gasteiger partial charge in [0.25, 0.3) is 0 Å². The second kappa shape index (κ2) is 6.15. The lowest BCUT2D eigenvalue weighted by atomic mass is 10.1. The summed E-state index contributed by atoms with van der Waals surface area (Å²) in [5.74, 6) is -1.03. The highest BCUT2D eigenvalue weighted by atomic mass is 16.5. The zero-order valence-electron chi connectivity index (χ0n) is 9.69. The Kier molecular flexibility index (Phi) is 4.82. The number of methoxy groups -OCH3 is 2. The smallest absolute Gasteiger partial charge is 0.354 e. The van der Waals surface area contributed by atoms with Crippen molar-refractivity contribution < 1.29 is 19.1 Å². The molecule has 0 atom stereocenters. The van der Waals surface area contributed by atoms with E-state index in [-0.39, 0.29) is 5.70 Å². The number of likely N-dealkylation sites (tertiary alicyclic amines) is 1. The van der Waals surface area contributed by atoms with Gasteiger partial charge in [-0.3, -0.25) is 0 Å². The number of carbonyl (C=O) groups excluding carboxylic acids is 2. The molecule has 1 heterocycles. The van der Waals surface area contributed by atoms with E-state index in [0.29, 0.717) is 0 Å². The summed E-state index contributed by atoms with van der Waals surface area (Å²) in [6.45, 7) is 1.55. The molecule has 0 saturated carbocycles. The van der Waals surface area contributed by atoms with Crippen LogP contribution in [0.2, 0.25) is 0 Å². The van der Waals surface area contributed by atoms with E-state index in [1.807, 2.05) is 4.90 Å². The fourth-order valence-corrected chi connectivity index (χ4v) is 1.69. The predicted octanol–water partition coefficient (Wildman–Crippen LogP) is 0.702. The summed E-state index contributed by atoms with van der Waals surface area (Å²) in [7, 11) is 2.58. The minimum atomic E-state index is -0.536. The highest BCUT2D eigenvalue weighted by Gasteiger charge is 2.21. The zero-order valence-corrected chi connectivity index (χ0v) is 9.69. The average Bonchev–Trinajstić information content (AvgIpc) is 2.35. The van der Waals surface area contributed by atoms with Gasteiger partial charge >= 0.3 is 11.9 Å². The number of hydrogen-bond acceptors (Lipinski definition) is 5. The summed E-state index contributed by atoms with van der Waals surface area (Å²) in [4.78, 5) is 24.5. The van der Waals surface area contributed by atoms with Gasteiger partial charge < -0.3 is 14.4 Å². The summed E-state index contributed by atoms with van der Waals surface area (Å²) in [6.07, 6.45) is 4.39. The van der Waals surface area contributed by atoms with Crippen LogP contribution in [-0.4, -0.2) is 44.1 Å². The second-order valence-electron chi connectivity index (χ2n) is 3.59. The van der Waals surface area contributed by atoms with Crippen molar-refractivity contribution in [3.05, 3.63) is 11.8 Å². The van der Waals surface area contributed by atoms with Gasteiger partial charge in [0.1, 0.15) is 5.70 Å². The molecular weight excluding hydrogens is 210 g/mol. The number of hydrogen-bond donors (Lipinski definition) is 0. The molecule has 0 aliphatic carbocycles. The molecule has 5 nitrogen and oxygen atoms in total. The van der Waals surface area contributed by atoms with Crippen molar-refractivity contribution in [2.45, 2.75) is 19.3 Å². The first kappa shape index (κ1) is 12.5. The first-order valence-electron chi connectivity index (χ1n) is 5.32. The largest absolute Gasteiger partial charge is 0.466 e. The molecule has 1 rings (SSSR count).